The molecule has 0 radical (unpaired) electrons. The van der Waals surface area contributed by atoms with Gasteiger partial charge in [-0.15, -0.1) is 0 Å². The second-order valence-electron chi connectivity index (χ2n) is 4.21. The molecule has 6 heteroatoms. The second-order valence-corrected chi connectivity index (χ2v) is 5.02. The van der Waals surface area contributed by atoms with Crippen LogP contribution in [0.4, 0.5) is 0 Å². The van der Waals surface area contributed by atoms with Gasteiger partial charge in [0.05, 0.1) is 13.7 Å². The van der Waals surface area contributed by atoms with Gasteiger partial charge in [0.1, 0.15) is 16.4 Å². The Morgan fingerprint density at radius 2 is 2.50 bits per heavy atom. The topological polar surface area (TPSA) is 60.5 Å². The normalized spacial score (nSPS) is 22.8. The van der Waals surface area contributed by atoms with Gasteiger partial charge in [-0.3, -0.25) is 4.79 Å². The highest BCUT2D eigenvalue weighted by Crippen LogP contribution is 2.19. The highest BCUT2D eigenvalue weighted by Gasteiger charge is 2.30. The zero-order valence-corrected chi connectivity index (χ0v) is 11.6. The van der Waals surface area contributed by atoms with E-state index in [0.717, 1.165) is 23.3 Å². The van der Waals surface area contributed by atoms with E-state index < -0.39 is 0 Å². The maximum atomic E-state index is 11.3. The molecule has 1 aromatic heterocycles. The molecule has 2 unspecified atom stereocenters. The molecule has 1 aliphatic rings. The molecule has 0 aliphatic carbocycles. The fraction of sp³-hybridized carbons (Fsp3) is 0.500. The van der Waals surface area contributed by atoms with Crippen molar-refractivity contribution in [2.75, 3.05) is 20.3 Å². The van der Waals surface area contributed by atoms with Crippen molar-refractivity contribution in [2.24, 2.45) is 5.92 Å². The molecule has 0 bridgehead atoms. The van der Waals surface area contributed by atoms with E-state index in [1.165, 1.54) is 7.11 Å². The third-order valence-corrected chi connectivity index (χ3v) is 3.33. The molecule has 2 rings (SSSR count). The number of hydrogen-bond donors (Lipinski definition) is 1. The van der Waals surface area contributed by atoms with Gasteiger partial charge >= 0.3 is 5.97 Å². The number of ether oxygens (including phenoxy) is 2. The SMILES string of the molecule is COC(=O)C1CC(COc2ccnc(Br)c2)CN1. The van der Waals surface area contributed by atoms with Gasteiger partial charge in [0, 0.05) is 24.7 Å². The van der Waals surface area contributed by atoms with Gasteiger partial charge in [-0.05, 0) is 28.4 Å². The highest BCUT2D eigenvalue weighted by atomic mass is 79.9. The third kappa shape index (κ3) is 3.43. The lowest BCUT2D eigenvalue weighted by Gasteiger charge is -2.11. The Labute approximate surface area is 114 Å². The summed E-state index contributed by atoms with van der Waals surface area (Å²) in [6, 6.07) is 3.43. The predicted octanol–water partition coefficient (Wildman–Crippen LogP) is 1.37. The van der Waals surface area contributed by atoms with E-state index in [1.807, 2.05) is 12.1 Å². The zero-order valence-electron chi connectivity index (χ0n) is 10.1. The number of nitrogens with zero attached hydrogens (tertiary/aromatic N) is 1. The van der Waals surface area contributed by atoms with E-state index in [2.05, 4.69) is 26.2 Å². The van der Waals surface area contributed by atoms with Crippen LogP contribution in [0.25, 0.3) is 0 Å². The maximum Gasteiger partial charge on any atom is 0.322 e. The molecule has 0 saturated carbocycles. The van der Waals surface area contributed by atoms with Gasteiger partial charge in [-0.25, -0.2) is 4.98 Å². The average molecular weight is 315 g/mol. The van der Waals surface area contributed by atoms with Gasteiger partial charge in [-0.1, -0.05) is 0 Å². The standard InChI is InChI=1S/C12H15BrN2O3/c1-17-12(16)10-4-8(6-15-10)7-18-9-2-3-14-11(13)5-9/h2-3,5,8,10,15H,4,6-7H2,1H3. The summed E-state index contributed by atoms with van der Waals surface area (Å²) in [5, 5.41) is 3.13. The molecule has 0 spiro atoms. The van der Waals surface area contributed by atoms with Crippen LogP contribution in [0.3, 0.4) is 0 Å². The first-order chi connectivity index (χ1) is 8.69. The number of halogens is 1. The minimum absolute atomic E-state index is 0.201. The molecule has 98 valence electrons. The number of hydrogen-bond acceptors (Lipinski definition) is 5. The summed E-state index contributed by atoms with van der Waals surface area (Å²) in [7, 11) is 1.41. The Bertz CT molecular complexity index is 428. The number of methoxy groups -OCH3 is 1. The van der Waals surface area contributed by atoms with Crippen LogP contribution in [0.2, 0.25) is 0 Å². The molecule has 1 fully saturated rings. The number of pyridine rings is 1. The Morgan fingerprint density at radius 3 is 3.22 bits per heavy atom. The van der Waals surface area contributed by atoms with Gasteiger partial charge in [0.2, 0.25) is 0 Å². The second kappa shape index (κ2) is 6.15. The van der Waals surface area contributed by atoms with E-state index in [1.54, 1.807) is 6.20 Å². The van der Waals surface area contributed by atoms with Gasteiger partial charge in [-0.2, -0.15) is 0 Å². The van der Waals surface area contributed by atoms with Gasteiger partial charge < -0.3 is 14.8 Å². The predicted molar refractivity (Wildman–Crippen MR) is 69.3 cm³/mol. The van der Waals surface area contributed by atoms with Crippen LogP contribution in [0.15, 0.2) is 22.9 Å². The van der Waals surface area contributed by atoms with Crippen molar-refractivity contribution in [3.8, 4) is 5.75 Å². The summed E-state index contributed by atoms with van der Waals surface area (Å²) in [6.07, 6.45) is 2.43. The lowest BCUT2D eigenvalue weighted by Crippen LogP contribution is -2.31. The van der Waals surface area contributed by atoms with Crippen molar-refractivity contribution in [1.29, 1.82) is 0 Å². The van der Waals surface area contributed by atoms with Crippen LogP contribution in [-0.4, -0.2) is 37.3 Å². The van der Waals surface area contributed by atoms with Crippen LogP contribution in [0.1, 0.15) is 6.42 Å². The van der Waals surface area contributed by atoms with Crippen LogP contribution in [0.5, 0.6) is 5.75 Å². The molecule has 0 amide bonds. The zero-order chi connectivity index (χ0) is 13.0. The summed E-state index contributed by atoms with van der Waals surface area (Å²) in [6.45, 7) is 1.35. The number of carbonyl (C=O) groups is 1. The molecule has 1 saturated heterocycles. The molecule has 5 nitrogen and oxygen atoms in total. The monoisotopic (exact) mass is 314 g/mol. The van der Waals surface area contributed by atoms with Crippen LogP contribution in [-0.2, 0) is 9.53 Å². The summed E-state index contributed by atoms with van der Waals surface area (Å²) in [5.74, 6) is 0.892. The summed E-state index contributed by atoms with van der Waals surface area (Å²) in [5.41, 5.74) is 0. The number of carbonyl (C=O) groups excluding carboxylic acids is 1. The molecular formula is C12H15BrN2O3. The van der Waals surface area contributed by atoms with Crippen molar-refractivity contribution < 1.29 is 14.3 Å². The molecule has 0 aromatic carbocycles. The van der Waals surface area contributed by atoms with E-state index in [0.29, 0.717) is 12.5 Å². The molecule has 2 atom stereocenters. The maximum absolute atomic E-state index is 11.3. The minimum Gasteiger partial charge on any atom is -0.493 e. The van der Waals surface area contributed by atoms with Crippen molar-refractivity contribution in [1.82, 2.24) is 10.3 Å². The number of aromatic nitrogens is 1. The fourth-order valence-corrected chi connectivity index (χ4v) is 2.29. The first kappa shape index (κ1) is 13.3. The quantitative estimate of drug-likeness (QED) is 0.672. The fourth-order valence-electron chi connectivity index (χ4n) is 1.95. The van der Waals surface area contributed by atoms with Crippen molar-refractivity contribution >= 4 is 21.9 Å². The van der Waals surface area contributed by atoms with Crippen molar-refractivity contribution in [3.05, 3.63) is 22.9 Å². The first-order valence-electron chi connectivity index (χ1n) is 5.74. The van der Waals surface area contributed by atoms with Gasteiger partial charge in [0.15, 0.2) is 0 Å². The molecule has 18 heavy (non-hydrogen) atoms. The molecule has 1 aromatic rings. The molecule has 2 heterocycles. The van der Waals surface area contributed by atoms with Crippen molar-refractivity contribution in [3.63, 3.8) is 0 Å². The molecule has 1 aliphatic heterocycles. The van der Waals surface area contributed by atoms with Gasteiger partial charge in [0.25, 0.3) is 0 Å². The Kier molecular flexibility index (Phi) is 4.54. The lowest BCUT2D eigenvalue weighted by atomic mass is 10.1. The number of nitrogens with one attached hydrogen (secondary N) is 1. The molecular weight excluding hydrogens is 300 g/mol. The Balaban J connectivity index is 1.80. The third-order valence-electron chi connectivity index (χ3n) is 2.89. The van der Waals surface area contributed by atoms with E-state index in [4.69, 9.17) is 9.47 Å². The van der Waals surface area contributed by atoms with Crippen LogP contribution < -0.4 is 10.1 Å². The lowest BCUT2D eigenvalue weighted by molar-refractivity contribution is -0.142. The van der Waals surface area contributed by atoms with Crippen LogP contribution in [0, 0.1) is 5.92 Å². The minimum atomic E-state index is -0.204. The summed E-state index contributed by atoms with van der Waals surface area (Å²) >= 11 is 3.29. The van der Waals surface area contributed by atoms with E-state index in [9.17, 15) is 4.79 Å². The Hall–Kier alpha value is -1.14. The van der Waals surface area contributed by atoms with E-state index >= 15 is 0 Å². The highest BCUT2D eigenvalue weighted by molar-refractivity contribution is 9.10. The van der Waals surface area contributed by atoms with Crippen molar-refractivity contribution in [2.45, 2.75) is 12.5 Å². The number of rotatable bonds is 4. The smallest absolute Gasteiger partial charge is 0.322 e. The van der Waals surface area contributed by atoms with E-state index in [-0.39, 0.29) is 12.0 Å². The average Bonchev–Trinajstić information content (AvgIpc) is 2.84. The molecule has 1 N–H and O–H groups in total. The largest absolute Gasteiger partial charge is 0.493 e. The summed E-state index contributed by atoms with van der Waals surface area (Å²) in [4.78, 5) is 15.4. The van der Waals surface area contributed by atoms with Crippen LogP contribution >= 0.6 is 15.9 Å². The first-order valence-corrected chi connectivity index (χ1v) is 6.54. The Morgan fingerprint density at radius 1 is 1.67 bits per heavy atom. The number of esters is 1. The summed E-state index contributed by atoms with van der Waals surface area (Å²) < 4.78 is 11.1.